The number of aliphatic hydroxyl groups is 3. The van der Waals surface area contributed by atoms with Gasteiger partial charge in [-0.25, -0.2) is 9.59 Å². The molecular formula is C24H34N2O8. The quantitative estimate of drug-likeness (QED) is 0.298. The van der Waals surface area contributed by atoms with E-state index in [0.29, 0.717) is 11.8 Å². The molecule has 34 heavy (non-hydrogen) atoms. The van der Waals surface area contributed by atoms with Gasteiger partial charge in [0.1, 0.15) is 0 Å². The lowest BCUT2D eigenvalue weighted by Gasteiger charge is -2.37. The fourth-order valence-corrected chi connectivity index (χ4v) is 5.43. The number of nitrogens with zero attached hydrogens (tertiary/aromatic N) is 1. The molecule has 4 rings (SSSR count). The molecule has 0 spiro atoms. The van der Waals surface area contributed by atoms with Gasteiger partial charge in [-0.1, -0.05) is 43.2 Å². The van der Waals surface area contributed by atoms with E-state index >= 15 is 0 Å². The lowest BCUT2D eigenvalue weighted by atomic mass is 9.79. The minimum Gasteiger partial charge on any atom is -0.479 e. The van der Waals surface area contributed by atoms with Crippen molar-refractivity contribution in [2.75, 3.05) is 26.7 Å². The lowest BCUT2D eigenvalue weighted by molar-refractivity contribution is -0.165. The van der Waals surface area contributed by atoms with Crippen molar-refractivity contribution in [1.82, 2.24) is 10.2 Å². The molecule has 10 heteroatoms. The molecule has 1 aliphatic heterocycles. The van der Waals surface area contributed by atoms with Crippen LogP contribution >= 0.6 is 0 Å². The van der Waals surface area contributed by atoms with Gasteiger partial charge in [-0.05, 0) is 49.8 Å². The second kappa shape index (κ2) is 10.8. The van der Waals surface area contributed by atoms with Gasteiger partial charge in [0.25, 0.3) is 5.91 Å². The first-order chi connectivity index (χ1) is 16.1. The molecule has 188 valence electrons. The van der Waals surface area contributed by atoms with Gasteiger partial charge in [0, 0.05) is 19.0 Å². The van der Waals surface area contributed by atoms with E-state index in [1.807, 2.05) is 42.3 Å². The minimum atomic E-state index is -2.27. The van der Waals surface area contributed by atoms with Crippen LogP contribution in [-0.2, 0) is 20.0 Å². The Morgan fingerprint density at radius 2 is 1.50 bits per heavy atom. The Morgan fingerprint density at radius 1 is 1.00 bits per heavy atom. The molecular weight excluding hydrogens is 444 g/mol. The highest BCUT2D eigenvalue weighted by Crippen LogP contribution is 2.52. The number of rotatable bonds is 8. The summed E-state index contributed by atoms with van der Waals surface area (Å²) in [5, 5.41) is 47.4. The standard InChI is InChI=1S/C20H28N2O2.C4H6O6/c1-21-11-16-17-12-22(13-18(16)17)19(23)20(24,15-9-5-6-10-15)14-7-3-2-4-8-14;5-1(3(7)8)2(6)4(9)10/h2-4,7-8,15-18,21,24H,5-6,9-13H2,1H3;1-2,5-6H,(H,7,8)(H,9,10)/t16?,17?,18?,20-;/m1./s1. The largest absolute Gasteiger partial charge is 0.479 e. The highest BCUT2D eigenvalue weighted by molar-refractivity contribution is 5.87. The monoisotopic (exact) mass is 478 g/mol. The van der Waals surface area contributed by atoms with Crippen molar-refractivity contribution in [3.8, 4) is 0 Å². The Morgan fingerprint density at radius 3 is 1.94 bits per heavy atom. The second-order valence-corrected chi connectivity index (χ2v) is 9.44. The fraction of sp³-hybridized carbons (Fsp3) is 0.625. The van der Waals surface area contributed by atoms with Crippen LogP contribution in [0.15, 0.2) is 30.3 Å². The van der Waals surface area contributed by atoms with Crippen molar-refractivity contribution < 1.29 is 39.9 Å². The lowest BCUT2D eigenvalue weighted by Crippen LogP contribution is -2.51. The normalized spacial score (nSPS) is 27.1. The number of aliphatic carboxylic acids is 2. The van der Waals surface area contributed by atoms with Crippen LogP contribution in [0.25, 0.3) is 0 Å². The number of carboxylic acids is 2. The maximum atomic E-state index is 13.3. The number of hydrogen-bond donors (Lipinski definition) is 6. The molecule has 0 aromatic heterocycles. The minimum absolute atomic E-state index is 0.0532. The first kappa shape index (κ1) is 26.1. The molecule has 1 heterocycles. The van der Waals surface area contributed by atoms with Gasteiger partial charge in [-0.15, -0.1) is 0 Å². The van der Waals surface area contributed by atoms with Crippen LogP contribution in [0.2, 0.25) is 0 Å². The smallest absolute Gasteiger partial charge is 0.335 e. The van der Waals surface area contributed by atoms with Gasteiger partial charge in [0.05, 0.1) is 0 Å². The predicted molar refractivity (Wildman–Crippen MR) is 121 cm³/mol. The Labute approximate surface area is 198 Å². The Kier molecular flexibility index (Phi) is 8.29. The van der Waals surface area contributed by atoms with E-state index in [2.05, 4.69) is 5.32 Å². The summed E-state index contributed by atoms with van der Waals surface area (Å²) in [6.45, 7) is 2.68. The first-order valence-corrected chi connectivity index (χ1v) is 11.7. The number of carboxylic acid groups (broad SMARTS) is 2. The molecule has 0 radical (unpaired) electrons. The predicted octanol–water partition coefficient (Wildman–Crippen LogP) is -0.134. The van der Waals surface area contributed by atoms with Crippen molar-refractivity contribution in [3.05, 3.63) is 35.9 Å². The third-order valence-corrected chi connectivity index (χ3v) is 7.39. The van der Waals surface area contributed by atoms with Crippen LogP contribution in [0.4, 0.5) is 0 Å². The molecule has 10 nitrogen and oxygen atoms in total. The molecule has 3 aliphatic rings. The molecule has 1 aromatic carbocycles. The fourth-order valence-electron chi connectivity index (χ4n) is 5.43. The van der Waals surface area contributed by atoms with Gasteiger partial charge >= 0.3 is 11.9 Å². The van der Waals surface area contributed by atoms with E-state index < -0.39 is 29.7 Å². The number of piperidine rings is 1. The van der Waals surface area contributed by atoms with E-state index in [-0.39, 0.29) is 11.8 Å². The van der Waals surface area contributed by atoms with Gasteiger partial charge in [-0.2, -0.15) is 0 Å². The zero-order valence-corrected chi connectivity index (χ0v) is 19.2. The number of aliphatic hydroxyl groups excluding tert-OH is 2. The molecule has 1 amide bonds. The number of hydrogen-bond acceptors (Lipinski definition) is 7. The first-order valence-electron chi connectivity index (χ1n) is 11.7. The Balaban J connectivity index is 0.000000277. The zero-order valence-electron chi connectivity index (χ0n) is 19.2. The summed E-state index contributed by atoms with van der Waals surface area (Å²) in [6.07, 6.45) is -0.416. The van der Waals surface area contributed by atoms with Crippen LogP contribution in [0.5, 0.6) is 0 Å². The van der Waals surface area contributed by atoms with E-state index in [4.69, 9.17) is 20.4 Å². The molecule has 1 aromatic rings. The molecule has 0 bridgehead atoms. The summed E-state index contributed by atoms with van der Waals surface area (Å²) in [4.78, 5) is 34.8. The van der Waals surface area contributed by atoms with Crippen molar-refractivity contribution >= 4 is 17.8 Å². The summed E-state index contributed by atoms with van der Waals surface area (Å²) in [6, 6.07) is 9.62. The van der Waals surface area contributed by atoms with Crippen LogP contribution < -0.4 is 5.32 Å². The number of amides is 1. The summed E-state index contributed by atoms with van der Waals surface area (Å²) in [5.41, 5.74) is -0.568. The van der Waals surface area contributed by atoms with Crippen LogP contribution in [-0.4, -0.2) is 87.2 Å². The third kappa shape index (κ3) is 5.25. The summed E-state index contributed by atoms with van der Waals surface area (Å²) >= 11 is 0. The van der Waals surface area contributed by atoms with Crippen molar-refractivity contribution in [2.45, 2.75) is 43.5 Å². The van der Waals surface area contributed by atoms with E-state index in [1.54, 1.807) is 0 Å². The SMILES string of the molecule is CNCC1C2CN(C(=O)[C@@](O)(c3ccccc3)C3CCCC3)CC12.O=C(O)C(O)C(O)C(=O)O. The van der Waals surface area contributed by atoms with Gasteiger partial charge < -0.3 is 35.7 Å². The van der Waals surface area contributed by atoms with Gasteiger partial charge in [-0.3, -0.25) is 4.79 Å². The maximum Gasteiger partial charge on any atom is 0.335 e. The molecule has 6 N–H and O–H groups in total. The topological polar surface area (TPSA) is 168 Å². The zero-order chi connectivity index (χ0) is 25.0. The Bertz CT molecular complexity index is 845. The average molecular weight is 479 g/mol. The number of likely N-dealkylation sites (tertiary alicyclic amines) is 1. The molecule has 2 aliphatic carbocycles. The number of fused-ring (bicyclic) bond motifs is 1. The Hall–Kier alpha value is -2.53. The molecule has 1 saturated heterocycles. The van der Waals surface area contributed by atoms with E-state index in [9.17, 15) is 19.5 Å². The van der Waals surface area contributed by atoms with Crippen LogP contribution in [0.3, 0.4) is 0 Å². The summed E-state index contributed by atoms with van der Waals surface area (Å²) in [5.74, 6) is -1.57. The van der Waals surface area contributed by atoms with Gasteiger partial charge in [0.2, 0.25) is 0 Å². The van der Waals surface area contributed by atoms with Crippen LogP contribution in [0, 0.1) is 23.7 Å². The van der Waals surface area contributed by atoms with Crippen molar-refractivity contribution in [3.63, 3.8) is 0 Å². The summed E-state index contributed by atoms with van der Waals surface area (Å²) in [7, 11) is 1.99. The average Bonchev–Trinajstić information content (AvgIpc) is 3.25. The molecule has 4 unspecified atom stereocenters. The molecule has 5 atom stereocenters. The van der Waals surface area contributed by atoms with E-state index in [1.165, 1.54) is 0 Å². The number of nitrogens with one attached hydrogen (secondary N) is 1. The van der Waals surface area contributed by atoms with E-state index in [0.717, 1.165) is 56.8 Å². The summed E-state index contributed by atoms with van der Waals surface area (Å²) < 4.78 is 0. The van der Waals surface area contributed by atoms with Crippen molar-refractivity contribution in [1.29, 1.82) is 0 Å². The van der Waals surface area contributed by atoms with Gasteiger partial charge in [0.15, 0.2) is 17.8 Å². The third-order valence-electron chi connectivity index (χ3n) is 7.39. The van der Waals surface area contributed by atoms with Crippen LogP contribution in [0.1, 0.15) is 31.2 Å². The molecule has 3 fully saturated rings. The molecule has 2 saturated carbocycles. The maximum absolute atomic E-state index is 13.3. The number of carbonyl (C=O) groups is 3. The number of carbonyl (C=O) groups excluding carboxylic acids is 1. The second-order valence-electron chi connectivity index (χ2n) is 9.44. The van der Waals surface area contributed by atoms with Crippen molar-refractivity contribution in [2.24, 2.45) is 23.7 Å². The highest BCUT2D eigenvalue weighted by Gasteiger charge is 2.59. The highest BCUT2D eigenvalue weighted by atomic mass is 16.4. The number of benzene rings is 1.